The van der Waals surface area contributed by atoms with Crippen LogP contribution in [0.2, 0.25) is 0 Å². The molecule has 8 heteroatoms. The zero-order chi connectivity index (χ0) is 15.1. The minimum atomic E-state index is -0.866. The van der Waals surface area contributed by atoms with Gasteiger partial charge in [0.15, 0.2) is 0 Å². The van der Waals surface area contributed by atoms with Gasteiger partial charge in [-0.05, 0) is 19.3 Å². The third kappa shape index (κ3) is 4.87. The van der Waals surface area contributed by atoms with Crippen molar-refractivity contribution in [1.29, 1.82) is 0 Å². The van der Waals surface area contributed by atoms with Crippen molar-refractivity contribution in [3.05, 3.63) is 0 Å². The highest BCUT2D eigenvalue weighted by molar-refractivity contribution is 6.01. The van der Waals surface area contributed by atoms with Crippen LogP contribution in [-0.2, 0) is 14.4 Å². The zero-order valence-corrected chi connectivity index (χ0v) is 11.3. The first kappa shape index (κ1) is 15.9. The Kier molecular flexibility index (Phi) is 5.95. The van der Waals surface area contributed by atoms with Crippen molar-refractivity contribution in [2.75, 3.05) is 13.6 Å². The number of carbonyl (C=O) groups excluding carboxylic acids is 3. The number of amides is 4. The third-order valence-electron chi connectivity index (χ3n) is 3.06. The van der Waals surface area contributed by atoms with E-state index in [0.717, 1.165) is 4.90 Å². The van der Waals surface area contributed by atoms with Gasteiger partial charge < -0.3 is 15.7 Å². The minimum absolute atomic E-state index is 0.0668. The van der Waals surface area contributed by atoms with E-state index >= 15 is 0 Å². The molecular weight excluding hydrogens is 266 g/mol. The van der Waals surface area contributed by atoms with Crippen molar-refractivity contribution in [2.45, 2.75) is 38.1 Å². The number of carboxylic acid groups (broad SMARTS) is 1. The van der Waals surface area contributed by atoms with Crippen LogP contribution in [0.3, 0.4) is 0 Å². The molecule has 0 spiro atoms. The van der Waals surface area contributed by atoms with E-state index in [2.05, 4.69) is 10.6 Å². The first-order valence-corrected chi connectivity index (χ1v) is 6.48. The van der Waals surface area contributed by atoms with Crippen LogP contribution in [0.5, 0.6) is 0 Å². The Hall–Kier alpha value is -2.12. The van der Waals surface area contributed by atoms with E-state index in [-0.39, 0.29) is 18.7 Å². The number of nitrogens with zero attached hydrogens (tertiary/aromatic N) is 1. The first-order chi connectivity index (χ1) is 9.41. The lowest BCUT2D eigenvalue weighted by atomic mass is 10.1. The van der Waals surface area contributed by atoms with Gasteiger partial charge >= 0.3 is 12.0 Å². The predicted octanol–water partition coefficient (Wildman–Crippen LogP) is -0.312. The topological polar surface area (TPSA) is 116 Å². The first-order valence-electron chi connectivity index (χ1n) is 6.48. The van der Waals surface area contributed by atoms with Crippen LogP contribution < -0.4 is 10.6 Å². The average molecular weight is 285 g/mol. The maximum absolute atomic E-state index is 11.7. The van der Waals surface area contributed by atoms with E-state index in [1.54, 1.807) is 0 Å². The molecule has 0 aliphatic carbocycles. The molecule has 0 aromatic heterocycles. The van der Waals surface area contributed by atoms with Crippen molar-refractivity contribution >= 4 is 23.8 Å². The summed E-state index contributed by atoms with van der Waals surface area (Å²) < 4.78 is 0. The van der Waals surface area contributed by atoms with Gasteiger partial charge in [0.1, 0.15) is 6.04 Å². The summed E-state index contributed by atoms with van der Waals surface area (Å²) in [6.45, 7) is 0.342. The highest BCUT2D eigenvalue weighted by Crippen LogP contribution is 2.11. The van der Waals surface area contributed by atoms with Crippen LogP contribution in [0, 0.1) is 0 Å². The van der Waals surface area contributed by atoms with Gasteiger partial charge in [-0.25, -0.2) is 4.79 Å². The molecule has 0 aromatic rings. The van der Waals surface area contributed by atoms with E-state index in [0.29, 0.717) is 25.8 Å². The maximum Gasteiger partial charge on any atom is 0.315 e. The lowest BCUT2D eigenvalue weighted by molar-refractivity contribution is -0.147. The lowest BCUT2D eigenvalue weighted by Gasteiger charge is -2.28. The van der Waals surface area contributed by atoms with Crippen molar-refractivity contribution in [2.24, 2.45) is 0 Å². The second-order valence-corrected chi connectivity index (χ2v) is 4.63. The highest BCUT2D eigenvalue weighted by atomic mass is 16.4. The second kappa shape index (κ2) is 7.46. The summed E-state index contributed by atoms with van der Waals surface area (Å²) in [5, 5.41) is 13.5. The molecule has 112 valence electrons. The molecule has 1 fully saturated rings. The number of hydrogen-bond acceptors (Lipinski definition) is 4. The molecule has 20 heavy (non-hydrogen) atoms. The van der Waals surface area contributed by atoms with Crippen LogP contribution in [0.1, 0.15) is 32.1 Å². The number of unbranched alkanes of at least 4 members (excludes halogenated alkanes) is 1. The van der Waals surface area contributed by atoms with E-state index in [1.165, 1.54) is 7.05 Å². The quantitative estimate of drug-likeness (QED) is 0.457. The molecule has 1 rings (SSSR count). The summed E-state index contributed by atoms with van der Waals surface area (Å²) in [6, 6.07) is -1.17. The number of hydrogen-bond donors (Lipinski definition) is 3. The summed E-state index contributed by atoms with van der Waals surface area (Å²) in [5.74, 6) is -1.53. The number of carbonyl (C=O) groups is 4. The summed E-state index contributed by atoms with van der Waals surface area (Å²) in [5.41, 5.74) is 0. The Labute approximate surface area is 116 Å². The molecule has 1 atom stereocenters. The number of likely N-dealkylation sites (N-methyl/N-ethyl adjacent to an activating group) is 1. The number of urea groups is 1. The predicted molar refractivity (Wildman–Crippen MR) is 68.8 cm³/mol. The summed E-state index contributed by atoms with van der Waals surface area (Å²) in [4.78, 5) is 45.8. The Morgan fingerprint density at radius 2 is 2.05 bits per heavy atom. The monoisotopic (exact) mass is 285 g/mol. The van der Waals surface area contributed by atoms with Gasteiger partial charge in [-0.15, -0.1) is 0 Å². The summed E-state index contributed by atoms with van der Waals surface area (Å²) in [6.07, 6.45) is 1.63. The molecule has 1 aliphatic rings. The SMILES string of the molecule is CN1C(=O)CCC(NC(=O)NCCCCC(=O)O)C1=O. The van der Waals surface area contributed by atoms with Crippen molar-refractivity contribution < 1.29 is 24.3 Å². The average Bonchev–Trinajstić information content (AvgIpc) is 2.39. The molecule has 0 aromatic carbocycles. The zero-order valence-electron chi connectivity index (χ0n) is 11.3. The van der Waals surface area contributed by atoms with Crippen molar-refractivity contribution in [3.8, 4) is 0 Å². The molecule has 1 heterocycles. The van der Waals surface area contributed by atoms with Crippen LogP contribution in [-0.4, -0.2) is 53.5 Å². The van der Waals surface area contributed by atoms with Gasteiger partial charge in [0.2, 0.25) is 5.91 Å². The number of nitrogens with one attached hydrogen (secondary N) is 2. The Balaban J connectivity index is 2.23. The van der Waals surface area contributed by atoms with E-state index in [1.807, 2.05) is 0 Å². The smallest absolute Gasteiger partial charge is 0.315 e. The van der Waals surface area contributed by atoms with Gasteiger partial charge in [0, 0.05) is 26.4 Å². The molecule has 8 nitrogen and oxygen atoms in total. The number of rotatable bonds is 6. The maximum atomic E-state index is 11.7. The van der Waals surface area contributed by atoms with Gasteiger partial charge in [0.05, 0.1) is 0 Å². The van der Waals surface area contributed by atoms with Gasteiger partial charge in [-0.2, -0.15) is 0 Å². The number of likely N-dealkylation sites (tertiary alicyclic amines) is 1. The van der Waals surface area contributed by atoms with Crippen molar-refractivity contribution in [3.63, 3.8) is 0 Å². The lowest BCUT2D eigenvalue weighted by Crippen LogP contribution is -2.54. The fourth-order valence-electron chi connectivity index (χ4n) is 1.86. The number of piperidine rings is 1. The fourth-order valence-corrected chi connectivity index (χ4v) is 1.86. The normalized spacial score (nSPS) is 18.9. The molecule has 1 unspecified atom stereocenters. The molecular formula is C12H19N3O5. The minimum Gasteiger partial charge on any atom is -0.481 e. The fraction of sp³-hybridized carbons (Fsp3) is 0.667. The summed E-state index contributed by atoms with van der Waals surface area (Å²) in [7, 11) is 1.39. The molecule has 1 aliphatic heterocycles. The van der Waals surface area contributed by atoms with Crippen LogP contribution in [0.4, 0.5) is 4.79 Å². The second-order valence-electron chi connectivity index (χ2n) is 4.63. The number of carboxylic acids is 1. The highest BCUT2D eigenvalue weighted by Gasteiger charge is 2.32. The van der Waals surface area contributed by atoms with Gasteiger partial charge in [-0.3, -0.25) is 19.3 Å². The largest absolute Gasteiger partial charge is 0.481 e. The van der Waals surface area contributed by atoms with Crippen LogP contribution in [0.25, 0.3) is 0 Å². The van der Waals surface area contributed by atoms with Gasteiger partial charge in [0.25, 0.3) is 5.91 Å². The Morgan fingerprint density at radius 3 is 2.70 bits per heavy atom. The molecule has 0 bridgehead atoms. The molecule has 0 saturated carbocycles. The van der Waals surface area contributed by atoms with E-state index < -0.39 is 23.9 Å². The molecule has 3 N–H and O–H groups in total. The Morgan fingerprint density at radius 1 is 1.35 bits per heavy atom. The van der Waals surface area contributed by atoms with Gasteiger partial charge in [-0.1, -0.05) is 0 Å². The third-order valence-corrected chi connectivity index (χ3v) is 3.06. The van der Waals surface area contributed by atoms with E-state index in [9.17, 15) is 19.2 Å². The Bertz CT molecular complexity index is 410. The summed E-state index contributed by atoms with van der Waals surface area (Å²) >= 11 is 0. The number of aliphatic carboxylic acids is 1. The number of imide groups is 1. The van der Waals surface area contributed by atoms with E-state index in [4.69, 9.17) is 5.11 Å². The van der Waals surface area contributed by atoms with Crippen molar-refractivity contribution in [1.82, 2.24) is 15.5 Å². The van der Waals surface area contributed by atoms with Crippen LogP contribution >= 0.6 is 0 Å². The molecule has 4 amide bonds. The van der Waals surface area contributed by atoms with Crippen LogP contribution in [0.15, 0.2) is 0 Å². The molecule has 0 radical (unpaired) electrons. The standard InChI is InChI=1S/C12H19N3O5/c1-15-9(16)6-5-8(11(15)19)14-12(20)13-7-3-2-4-10(17)18/h8H,2-7H2,1H3,(H,17,18)(H2,13,14,20). The molecule has 1 saturated heterocycles.